The van der Waals surface area contributed by atoms with Crippen molar-refractivity contribution in [3.63, 3.8) is 0 Å². The maximum Gasteiger partial charge on any atom is 0.217 e. The minimum absolute atomic E-state index is 0.0502. The summed E-state index contributed by atoms with van der Waals surface area (Å²) in [5.74, 6) is 0.704. The van der Waals surface area contributed by atoms with Gasteiger partial charge in [0.15, 0.2) is 0 Å². The Bertz CT molecular complexity index is 1700. The zero-order valence-corrected chi connectivity index (χ0v) is 24.1. The summed E-state index contributed by atoms with van der Waals surface area (Å²) in [6, 6.07) is 47.8. The van der Waals surface area contributed by atoms with Gasteiger partial charge in [0.1, 0.15) is 17.9 Å². The number of hydrogen-bond acceptors (Lipinski definition) is 3. The lowest BCUT2D eigenvalue weighted by molar-refractivity contribution is -0.119. The quantitative estimate of drug-likeness (QED) is 0.175. The van der Waals surface area contributed by atoms with Gasteiger partial charge in [-0.3, -0.25) is 4.79 Å². The van der Waals surface area contributed by atoms with Crippen LogP contribution in [0, 0.1) is 0 Å². The molecule has 0 aliphatic rings. The molecule has 0 saturated carbocycles. The zero-order chi connectivity index (χ0) is 29.5. The number of amides is 1. The highest BCUT2D eigenvalue weighted by molar-refractivity contribution is 5.72. The van der Waals surface area contributed by atoms with Crippen molar-refractivity contribution in [1.82, 2.24) is 14.9 Å². The fourth-order valence-electron chi connectivity index (χ4n) is 5.65. The number of carbonyl (C=O) groups excluding carboxylic acids is 1. The molecule has 0 saturated heterocycles. The van der Waals surface area contributed by atoms with Crippen LogP contribution in [-0.2, 0) is 23.5 Å². The topological polar surface area (TPSA) is 56.1 Å². The summed E-state index contributed by atoms with van der Waals surface area (Å²) in [6.45, 7) is 2.41. The van der Waals surface area contributed by atoms with Gasteiger partial charge in [0.2, 0.25) is 5.91 Å². The monoisotopic (exact) mass is 563 g/mol. The Balaban J connectivity index is 1.39. The Morgan fingerprint density at radius 3 is 1.88 bits per heavy atom. The van der Waals surface area contributed by atoms with E-state index in [1.54, 1.807) is 0 Å². The number of carbonyl (C=O) groups is 1. The van der Waals surface area contributed by atoms with Gasteiger partial charge in [-0.05, 0) is 39.9 Å². The first-order valence-electron chi connectivity index (χ1n) is 14.4. The SMILES string of the molecule is CC(=O)NCc1cccc(COc2ccccc2-c2cn(C(c3ccccc3)(c3ccccc3)c3ccccc3)cn2)c1. The van der Waals surface area contributed by atoms with E-state index in [0.717, 1.165) is 44.8 Å². The summed E-state index contributed by atoms with van der Waals surface area (Å²) >= 11 is 0. The van der Waals surface area contributed by atoms with Crippen molar-refractivity contribution in [3.8, 4) is 17.0 Å². The van der Waals surface area contributed by atoms with Crippen molar-refractivity contribution >= 4 is 5.91 Å². The van der Waals surface area contributed by atoms with Gasteiger partial charge in [-0.1, -0.05) is 127 Å². The molecule has 0 aliphatic carbocycles. The number of benzene rings is 5. The van der Waals surface area contributed by atoms with Crippen LogP contribution in [0.25, 0.3) is 11.3 Å². The van der Waals surface area contributed by atoms with Crippen molar-refractivity contribution in [2.45, 2.75) is 25.6 Å². The highest BCUT2D eigenvalue weighted by atomic mass is 16.5. The molecule has 6 aromatic rings. The number of hydrogen-bond donors (Lipinski definition) is 1. The fourth-order valence-corrected chi connectivity index (χ4v) is 5.65. The molecule has 0 spiro atoms. The second-order valence-corrected chi connectivity index (χ2v) is 10.5. The first-order valence-corrected chi connectivity index (χ1v) is 14.4. The average Bonchev–Trinajstić information content (AvgIpc) is 3.55. The van der Waals surface area contributed by atoms with Gasteiger partial charge in [0.05, 0.1) is 12.0 Å². The third-order valence-electron chi connectivity index (χ3n) is 7.63. The van der Waals surface area contributed by atoms with Gasteiger partial charge in [0, 0.05) is 25.2 Å². The number of rotatable bonds is 10. The molecule has 0 unspecified atom stereocenters. The highest BCUT2D eigenvalue weighted by Crippen LogP contribution is 2.42. The molecule has 0 radical (unpaired) electrons. The lowest BCUT2D eigenvalue weighted by Crippen LogP contribution is -2.36. The van der Waals surface area contributed by atoms with Gasteiger partial charge in [0.25, 0.3) is 0 Å². The second kappa shape index (κ2) is 12.6. The third kappa shape index (κ3) is 5.84. The maximum atomic E-state index is 11.3. The Kier molecular flexibility index (Phi) is 8.14. The maximum absolute atomic E-state index is 11.3. The molecular formula is C38H33N3O2. The van der Waals surface area contributed by atoms with Crippen LogP contribution in [0.2, 0.25) is 0 Å². The molecule has 5 heteroatoms. The molecule has 0 bridgehead atoms. The van der Waals surface area contributed by atoms with E-state index < -0.39 is 5.54 Å². The Hall–Kier alpha value is -5.42. The summed E-state index contributed by atoms with van der Waals surface area (Å²) in [5, 5.41) is 2.85. The molecule has 1 aromatic heterocycles. The van der Waals surface area contributed by atoms with Crippen LogP contribution in [0.4, 0.5) is 0 Å². The minimum Gasteiger partial charge on any atom is -0.488 e. The van der Waals surface area contributed by atoms with E-state index in [9.17, 15) is 4.79 Å². The molecule has 1 heterocycles. The van der Waals surface area contributed by atoms with Crippen LogP contribution in [0.5, 0.6) is 5.75 Å². The molecule has 5 nitrogen and oxygen atoms in total. The number of aromatic nitrogens is 2. The molecule has 6 rings (SSSR count). The third-order valence-corrected chi connectivity index (χ3v) is 7.63. The minimum atomic E-state index is -0.640. The number of nitrogens with zero attached hydrogens (tertiary/aromatic N) is 2. The standard InChI is InChI=1S/C38H33N3O2/c1-29(42)39-25-30-14-13-15-31(24-30)27-43-37-23-12-11-22-35(37)36-26-41(28-40-36)38(32-16-5-2-6-17-32,33-18-7-3-8-19-33)34-20-9-4-10-21-34/h2-24,26,28H,25,27H2,1H3,(H,39,42). The molecule has 0 fully saturated rings. The van der Waals surface area contributed by atoms with Crippen LogP contribution in [0.3, 0.4) is 0 Å². The van der Waals surface area contributed by atoms with Gasteiger partial charge in [-0.25, -0.2) is 4.98 Å². The van der Waals surface area contributed by atoms with Crippen molar-refractivity contribution in [1.29, 1.82) is 0 Å². The van der Waals surface area contributed by atoms with E-state index in [0.29, 0.717) is 13.2 Å². The first kappa shape index (κ1) is 27.7. The first-order chi connectivity index (χ1) is 21.1. The molecule has 212 valence electrons. The predicted octanol–water partition coefficient (Wildman–Crippen LogP) is 7.61. The van der Waals surface area contributed by atoms with E-state index >= 15 is 0 Å². The van der Waals surface area contributed by atoms with Gasteiger partial charge in [-0.2, -0.15) is 0 Å². The van der Waals surface area contributed by atoms with Gasteiger partial charge >= 0.3 is 0 Å². The molecule has 1 N–H and O–H groups in total. The smallest absolute Gasteiger partial charge is 0.217 e. The van der Waals surface area contributed by atoms with Crippen LogP contribution in [0.15, 0.2) is 152 Å². The van der Waals surface area contributed by atoms with Gasteiger partial charge < -0.3 is 14.6 Å². The summed E-state index contributed by atoms with van der Waals surface area (Å²) in [5.41, 5.74) is 6.57. The summed E-state index contributed by atoms with van der Waals surface area (Å²) in [6.07, 6.45) is 4.04. The van der Waals surface area contributed by atoms with Crippen LogP contribution in [-0.4, -0.2) is 15.5 Å². The lowest BCUT2D eigenvalue weighted by Gasteiger charge is -2.37. The van der Waals surface area contributed by atoms with Crippen molar-refractivity contribution < 1.29 is 9.53 Å². The van der Waals surface area contributed by atoms with Crippen molar-refractivity contribution in [2.24, 2.45) is 0 Å². The predicted molar refractivity (Wildman–Crippen MR) is 171 cm³/mol. The summed E-state index contributed by atoms with van der Waals surface area (Å²) in [7, 11) is 0. The summed E-state index contributed by atoms with van der Waals surface area (Å²) in [4.78, 5) is 16.3. The zero-order valence-electron chi connectivity index (χ0n) is 24.1. The molecule has 0 atom stereocenters. The molecule has 43 heavy (non-hydrogen) atoms. The number of nitrogens with one attached hydrogen (secondary N) is 1. The van der Waals surface area contributed by atoms with E-state index in [1.807, 2.05) is 67.0 Å². The van der Waals surface area contributed by atoms with E-state index in [-0.39, 0.29) is 5.91 Å². The van der Waals surface area contributed by atoms with Crippen LogP contribution < -0.4 is 10.1 Å². The molecular weight excluding hydrogens is 530 g/mol. The van der Waals surface area contributed by atoms with Crippen LogP contribution >= 0.6 is 0 Å². The normalized spacial score (nSPS) is 11.2. The summed E-state index contributed by atoms with van der Waals surface area (Å²) < 4.78 is 8.58. The Labute approximate surface area is 252 Å². The molecule has 5 aromatic carbocycles. The lowest BCUT2D eigenvalue weighted by atomic mass is 9.77. The number of imidazole rings is 1. The van der Waals surface area contributed by atoms with E-state index in [2.05, 4.69) is 94.9 Å². The van der Waals surface area contributed by atoms with Crippen molar-refractivity contribution in [3.05, 3.63) is 180 Å². The van der Waals surface area contributed by atoms with Crippen molar-refractivity contribution in [2.75, 3.05) is 0 Å². The fraction of sp³-hybridized carbons (Fsp3) is 0.105. The molecule has 1 amide bonds. The van der Waals surface area contributed by atoms with E-state index in [1.165, 1.54) is 6.92 Å². The number of para-hydroxylation sites is 1. The Morgan fingerprint density at radius 2 is 1.28 bits per heavy atom. The van der Waals surface area contributed by atoms with E-state index in [4.69, 9.17) is 9.72 Å². The van der Waals surface area contributed by atoms with Gasteiger partial charge in [-0.15, -0.1) is 0 Å². The molecule has 0 aliphatic heterocycles. The highest BCUT2D eigenvalue weighted by Gasteiger charge is 2.38. The Morgan fingerprint density at radius 1 is 0.721 bits per heavy atom. The second-order valence-electron chi connectivity index (χ2n) is 10.5. The largest absolute Gasteiger partial charge is 0.488 e. The average molecular weight is 564 g/mol. The number of ether oxygens (including phenoxy) is 1. The van der Waals surface area contributed by atoms with Crippen LogP contribution in [0.1, 0.15) is 34.7 Å².